The number of hydrogen-bond acceptors (Lipinski definition) is 7. The minimum atomic E-state index is -0.802. The number of carboxylic acids is 1. The fourth-order valence-electron chi connectivity index (χ4n) is 4.17. The van der Waals surface area contributed by atoms with Crippen LogP contribution in [0, 0.1) is 11.3 Å². The summed E-state index contributed by atoms with van der Waals surface area (Å²) in [5.74, 6) is 0.561. The molecule has 0 amide bonds. The van der Waals surface area contributed by atoms with E-state index in [9.17, 15) is 10.1 Å². The molecule has 4 rings (SSSR count). The highest BCUT2D eigenvalue weighted by Crippen LogP contribution is 2.35. The summed E-state index contributed by atoms with van der Waals surface area (Å²) < 4.78 is 11.3. The van der Waals surface area contributed by atoms with Gasteiger partial charge in [0.1, 0.15) is 11.8 Å². The lowest BCUT2D eigenvalue weighted by Gasteiger charge is -2.35. The van der Waals surface area contributed by atoms with Crippen molar-refractivity contribution in [3.8, 4) is 23.3 Å². The molecule has 1 aliphatic heterocycles. The van der Waals surface area contributed by atoms with Crippen LogP contribution >= 0.6 is 0 Å². The average molecular weight is 447 g/mol. The van der Waals surface area contributed by atoms with Gasteiger partial charge < -0.3 is 14.4 Å². The topological polar surface area (TPSA) is 112 Å². The van der Waals surface area contributed by atoms with Crippen molar-refractivity contribution in [2.24, 2.45) is 0 Å². The van der Waals surface area contributed by atoms with E-state index < -0.39 is 5.97 Å². The highest BCUT2D eigenvalue weighted by atomic mass is 16.5. The monoisotopic (exact) mass is 446 g/mol. The van der Waals surface area contributed by atoms with Gasteiger partial charge in [0.15, 0.2) is 5.82 Å². The zero-order valence-corrected chi connectivity index (χ0v) is 18.7. The Morgan fingerprint density at radius 1 is 1.33 bits per heavy atom. The van der Waals surface area contributed by atoms with E-state index in [-0.39, 0.29) is 18.6 Å². The molecule has 170 valence electrons. The molecular weight excluding hydrogens is 420 g/mol. The van der Waals surface area contributed by atoms with Crippen molar-refractivity contribution in [2.45, 2.75) is 45.3 Å². The van der Waals surface area contributed by atoms with Crippen LogP contribution < -0.4 is 4.74 Å². The molecule has 1 N–H and O–H groups in total. The van der Waals surface area contributed by atoms with Gasteiger partial charge in [-0.3, -0.25) is 9.69 Å². The minimum absolute atomic E-state index is 0.0450. The quantitative estimate of drug-likeness (QED) is 0.548. The van der Waals surface area contributed by atoms with Gasteiger partial charge in [0, 0.05) is 18.5 Å². The first kappa shape index (κ1) is 22.5. The number of hydrogen-bond donors (Lipinski definition) is 1. The van der Waals surface area contributed by atoms with Gasteiger partial charge in [-0.1, -0.05) is 29.4 Å². The van der Waals surface area contributed by atoms with Crippen LogP contribution in [-0.4, -0.2) is 45.3 Å². The van der Waals surface area contributed by atoms with Gasteiger partial charge in [0.25, 0.3) is 5.89 Å². The fraction of sp³-hybridized carbons (Fsp3) is 0.360. The third kappa shape index (κ3) is 5.04. The first-order valence-corrected chi connectivity index (χ1v) is 11.0. The van der Waals surface area contributed by atoms with Gasteiger partial charge in [0.2, 0.25) is 0 Å². The third-order valence-corrected chi connectivity index (χ3v) is 5.62. The maximum Gasteiger partial charge on any atom is 0.303 e. The van der Waals surface area contributed by atoms with E-state index in [2.05, 4.69) is 33.2 Å². The molecule has 0 bridgehead atoms. The smallest absolute Gasteiger partial charge is 0.303 e. The largest absolute Gasteiger partial charge is 0.490 e. The Balaban J connectivity index is 1.65. The van der Waals surface area contributed by atoms with E-state index in [4.69, 9.17) is 14.4 Å². The fourth-order valence-corrected chi connectivity index (χ4v) is 4.17. The molecule has 3 aromatic rings. The number of carboxylic acid groups (broad SMARTS) is 1. The molecule has 0 saturated carbocycles. The Morgan fingerprint density at radius 3 is 2.91 bits per heavy atom. The zero-order valence-electron chi connectivity index (χ0n) is 18.7. The number of nitrogens with zero attached hydrogens (tertiary/aromatic N) is 4. The maximum absolute atomic E-state index is 11.0. The zero-order chi connectivity index (χ0) is 23.4. The molecule has 1 unspecified atom stereocenters. The SMILES string of the molecule is CC(C)Oc1ccc(-c2nc(C3c4ccccc4CCN3CCCC(=O)O)no2)cc1C#N. The average Bonchev–Trinajstić information content (AvgIpc) is 3.28. The lowest BCUT2D eigenvalue weighted by atomic mass is 9.92. The molecule has 2 aromatic carbocycles. The van der Waals surface area contributed by atoms with E-state index in [1.807, 2.05) is 26.0 Å². The maximum atomic E-state index is 11.0. The lowest BCUT2D eigenvalue weighted by molar-refractivity contribution is -0.137. The number of aliphatic carboxylic acids is 1. The molecule has 0 aliphatic carbocycles. The van der Waals surface area contributed by atoms with Crippen molar-refractivity contribution in [3.63, 3.8) is 0 Å². The van der Waals surface area contributed by atoms with Crippen molar-refractivity contribution >= 4 is 5.97 Å². The summed E-state index contributed by atoms with van der Waals surface area (Å²) in [5, 5.41) is 22.8. The Bertz CT molecular complexity index is 1180. The molecule has 0 fully saturated rings. The van der Waals surface area contributed by atoms with Crippen LogP contribution in [0.5, 0.6) is 5.75 Å². The summed E-state index contributed by atoms with van der Waals surface area (Å²) in [6.45, 7) is 5.22. The highest BCUT2D eigenvalue weighted by Gasteiger charge is 2.32. The number of nitriles is 1. The summed E-state index contributed by atoms with van der Waals surface area (Å²) in [7, 11) is 0. The van der Waals surface area contributed by atoms with Crippen LogP contribution in [0.25, 0.3) is 11.5 Å². The van der Waals surface area contributed by atoms with Crippen LogP contribution in [0.4, 0.5) is 0 Å². The van der Waals surface area contributed by atoms with Crippen molar-refractivity contribution in [3.05, 3.63) is 65.0 Å². The Labute approximate surface area is 192 Å². The second-order valence-electron chi connectivity index (χ2n) is 8.33. The molecule has 2 heterocycles. The third-order valence-electron chi connectivity index (χ3n) is 5.62. The molecule has 8 heteroatoms. The van der Waals surface area contributed by atoms with Gasteiger partial charge in [-0.25, -0.2) is 0 Å². The number of carbonyl (C=O) groups is 1. The molecule has 0 saturated heterocycles. The summed E-state index contributed by atoms with van der Waals surface area (Å²) in [6, 6.07) is 15.3. The van der Waals surface area contributed by atoms with Crippen LogP contribution in [0.15, 0.2) is 47.0 Å². The predicted octanol–water partition coefficient (Wildman–Crippen LogP) is 4.21. The molecule has 1 aliphatic rings. The summed E-state index contributed by atoms with van der Waals surface area (Å²) in [6.07, 6.45) is 1.50. The van der Waals surface area contributed by atoms with E-state index >= 15 is 0 Å². The summed E-state index contributed by atoms with van der Waals surface area (Å²) >= 11 is 0. The summed E-state index contributed by atoms with van der Waals surface area (Å²) in [5.41, 5.74) is 3.37. The van der Waals surface area contributed by atoms with Gasteiger partial charge in [-0.05, 0) is 62.6 Å². The summed E-state index contributed by atoms with van der Waals surface area (Å²) in [4.78, 5) is 17.9. The first-order valence-electron chi connectivity index (χ1n) is 11.0. The van der Waals surface area contributed by atoms with Gasteiger partial charge in [-0.2, -0.15) is 10.2 Å². The minimum Gasteiger partial charge on any atom is -0.490 e. The van der Waals surface area contributed by atoms with Crippen molar-refractivity contribution < 1.29 is 19.2 Å². The van der Waals surface area contributed by atoms with E-state index in [1.54, 1.807) is 18.2 Å². The first-order chi connectivity index (χ1) is 16.0. The van der Waals surface area contributed by atoms with Crippen molar-refractivity contribution in [1.82, 2.24) is 15.0 Å². The second-order valence-corrected chi connectivity index (χ2v) is 8.33. The van der Waals surface area contributed by atoms with Crippen LogP contribution in [-0.2, 0) is 11.2 Å². The van der Waals surface area contributed by atoms with Gasteiger partial charge in [-0.15, -0.1) is 0 Å². The highest BCUT2D eigenvalue weighted by molar-refractivity contribution is 5.66. The normalized spacial score (nSPS) is 15.8. The Hall–Kier alpha value is -3.70. The molecule has 1 atom stereocenters. The van der Waals surface area contributed by atoms with Crippen molar-refractivity contribution in [1.29, 1.82) is 5.26 Å². The number of aromatic nitrogens is 2. The standard InChI is InChI=1S/C25H26N4O4/c1-16(2)32-21-10-9-18(14-19(21)15-26)25-27-24(28-33-25)23-20-7-4-3-6-17(20)11-13-29(23)12-5-8-22(30)31/h3-4,6-7,9-10,14,16,23H,5,8,11-13H2,1-2H3,(H,30,31). The van der Waals surface area contributed by atoms with Crippen LogP contribution in [0.2, 0.25) is 0 Å². The lowest BCUT2D eigenvalue weighted by Crippen LogP contribution is -2.37. The van der Waals surface area contributed by atoms with Crippen LogP contribution in [0.1, 0.15) is 55.2 Å². The molecule has 1 aromatic heterocycles. The van der Waals surface area contributed by atoms with Gasteiger partial charge >= 0.3 is 5.97 Å². The second kappa shape index (κ2) is 9.84. The number of ether oxygens (including phenoxy) is 1. The molecule has 8 nitrogen and oxygen atoms in total. The molecule has 33 heavy (non-hydrogen) atoms. The predicted molar refractivity (Wildman–Crippen MR) is 121 cm³/mol. The van der Waals surface area contributed by atoms with E-state index in [1.165, 1.54) is 5.56 Å². The number of fused-ring (bicyclic) bond motifs is 1. The number of rotatable bonds is 8. The molecule has 0 spiro atoms. The molecular formula is C25H26N4O4. The Morgan fingerprint density at radius 2 is 2.15 bits per heavy atom. The van der Waals surface area contributed by atoms with E-state index in [0.717, 1.165) is 18.5 Å². The Kier molecular flexibility index (Phi) is 6.71. The van der Waals surface area contributed by atoms with Crippen LogP contribution in [0.3, 0.4) is 0 Å². The van der Waals surface area contributed by atoms with E-state index in [0.29, 0.717) is 41.6 Å². The van der Waals surface area contributed by atoms with Crippen molar-refractivity contribution in [2.75, 3.05) is 13.1 Å². The van der Waals surface area contributed by atoms with Gasteiger partial charge in [0.05, 0.1) is 17.7 Å². The number of benzene rings is 2. The molecule has 0 radical (unpaired) electrons.